The largest absolute Gasteiger partial charge is 0.381 e. The lowest BCUT2D eigenvalue weighted by Gasteiger charge is -2.39. The highest BCUT2D eigenvalue weighted by molar-refractivity contribution is 5.59. The Morgan fingerprint density at radius 2 is 1.71 bits per heavy atom. The molecule has 0 aliphatic carbocycles. The lowest BCUT2D eigenvalue weighted by Crippen LogP contribution is -2.40. The van der Waals surface area contributed by atoms with Gasteiger partial charge in [0, 0.05) is 30.0 Å². The molecule has 1 aliphatic rings. The van der Waals surface area contributed by atoms with Crippen molar-refractivity contribution >= 4 is 5.69 Å². The molecule has 94 valence electrons. The molecule has 1 aromatic heterocycles. The molecule has 2 unspecified atom stereocenters. The van der Waals surface area contributed by atoms with Gasteiger partial charge >= 0.3 is 0 Å². The van der Waals surface area contributed by atoms with Gasteiger partial charge in [-0.1, -0.05) is 41.5 Å². The number of anilines is 1. The summed E-state index contributed by atoms with van der Waals surface area (Å²) in [5.74, 6) is 0.520. The molecule has 0 fully saturated rings. The number of nitrogens with zero attached hydrogens (tertiary/aromatic N) is 1. The highest BCUT2D eigenvalue weighted by atomic mass is 15.0. The number of aromatic nitrogens is 1. The summed E-state index contributed by atoms with van der Waals surface area (Å²) < 4.78 is 0. The van der Waals surface area contributed by atoms with Gasteiger partial charge in [-0.05, 0) is 22.5 Å². The van der Waals surface area contributed by atoms with E-state index in [9.17, 15) is 0 Å². The molecule has 0 bridgehead atoms. The molecule has 1 aromatic rings. The average Bonchev–Trinajstić information content (AvgIpc) is 2.54. The Bertz CT molecular complexity index is 410. The summed E-state index contributed by atoms with van der Waals surface area (Å²) in [6, 6.07) is 2.57. The minimum atomic E-state index is 0.247. The van der Waals surface area contributed by atoms with E-state index in [1.54, 1.807) is 0 Å². The van der Waals surface area contributed by atoms with E-state index >= 15 is 0 Å². The summed E-state index contributed by atoms with van der Waals surface area (Å²) in [5, 5.41) is 3.69. The maximum atomic E-state index is 4.30. The van der Waals surface area contributed by atoms with Gasteiger partial charge < -0.3 is 5.32 Å². The summed E-state index contributed by atoms with van der Waals surface area (Å²) in [7, 11) is 0. The van der Waals surface area contributed by atoms with Crippen LogP contribution in [0.25, 0.3) is 0 Å². The zero-order valence-electron chi connectivity index (χ0n) is 11.8. The second kappa shape index (κ2) is 3.72. The van der Waals surface area contributed by atoms with Gasteiger partial charge in [0.05, 0.1) is 0 Å². The number of pyridine rings is 1. The van der Waals surface area contributed by atoms with Crippen molar-refractivity contribution in [2.75, 3.05) is 5.32 Å². The van der Waals surface area contributed by atoms with Crippen LogP contribution in [0.2, 0.25) is 0 Å². The zero-order valence-corrected chi connectivity index (χ0v) is 11.8. The third kappa shape index (κ3) is 2.18. The minimum absolute atomic E-state index is 0.247. The van der Waals surface area contributed by atoms with Crippen molar-refractivity contribution in [2.45, 2.75) is 53.5 Å². The van der Waals surface area contributed by atoms with Crippen LogP contribution >= 0.6 is 0 Å². The van der Waals surface area contributed by atoms with Gasteiger partial charge in [-0.3, -0.25) is 4.98 Å². The van der Waals surface area contributed by atoms with Crippen molar-refractivity contribution in [3.63, 3.8) is 0 Å². The van der Waals surface area contributed by atoms with E-state index in [-0.39, 0.29) is 10.8 Å². The van der Waals surface area contributed by atoms with Crippen molar-refractivity contribution in [3.05, 3.63) is 24.0 Å². The first-order valence-corrected chi connectivity index (χ1v) is 6.42. The fraction of sp³-hybridized carbons (Fsp3) is 0.667. The first-order chi connectivity index (χ1) is 7.71. The van der Waals surface area contributed by atoms with E-state index in [1.807, 2.05) is 12.4 Å². The fourth-order valence-electron chi connectivity index (χ4n) is 2.90. The number of rotatable bonds is 0. The lowest BCUT2D eigenvalue weighted by atomic mass is 9.68. The summed E-state index contributed by atoms with van der Waals surface area (Å²) in [4.78, 5) is 4.30. The summed E-state index contributed by atoms with van der Waals surface area (Å²) in [5.41, 5.74) is 3.13. The van der Waals surface area contributed by atoms with E-state index in [0.717, 1.165) is 0 Å². The minimum Gasteiger partial charge on any atom is -0.381 e. The van der Waals surface area contributed by atoms with Gasteiger partial charge in [-0.2, -0.15) is 0 Å². The Labute approximate surface area is 105 Å². The van der Waals surface area contributed by atoms with Gasteiger partial charge in [0.25, 0.3) is 0 Å². The molecule has 0 amide bonds. The van der Waals surface area contributed by atoms with Crippen LogP contribution in [0.3, 0.4) is 0 Å². The van der Waals surface area contributed by atoms with Crippen LogP contribution in [0, 0.1) is 10.8 Å². The van der Waals surface area contributed by atoms with Crippen LogP contribution in [0.15, 0.2) is 18.5 Å². The highest BCUT2D eigenvalue weighted by Crippen LogP contribution is 2.50. The Hall–Kier alpha value is -1.05. The predicted molar refractivity (Wildman–Crippen MR) is 73.3 cm³/mol. The molecule has 2 atom stereocenters. The maximum Gasteiger partial charge on any atom is 0.0410 e. The molecule has 17 heavy (non-hydrogen) atoms. The molecule has 0 radical (unpaired) electrons. The second-order valence-electron chi connectivity index (χ2n) is 7.29. The first kappa shape index (κ1) is 12.4. The van der Waals surface area contributed by atoms with Gasteiger partial charge in [0.2, 0.25) is 0 Å². The number of hydrogen-bond donors (Lipinski definition) is 1. The summed E-state index contributed by atoms with van der Waals surface area (Å²) in [6.45, 7) is 13.9. The van der Waals surface area contributed by atoms with Crippen LogP contribution in [-0.2, 0) is 0 Å². The average molecular weight is 232 g/mol. The van der Waals surface area contributed by atoms with E-state index in [0.29, 0.717) is 12.0 Å². The van der Waals surface area contributed by atoms with Crippen molar-refractivity contribution in [1.29, 1.82) is 0 Å². The molecule has 0 aromatic carbocycles. The highest BCUT2D eigenvalue weighted by Gasteiger charge is 2.44. The molecule has 2 rings (SSSR count). The third-order valence-electron chi connectivity index (χ3n) is 3.70. The molecule has 2 nitrogen and oxygen atoms in total. The Balaban J connectivity index is 2.48. The van der Waals surface area contributed by atoms with Crippen molar-refractivity contribution < 1.29 is 0 Å². The standard InChI is InChI=1S/C15H24N2/c1-14(2,3)12-10-9-16-8-7-11(10)17-13(12)15(4,5)6/h7-9,12-13,17H,1-6H3. The molecular weight excluding hydrogens is 208 g/mol. The first-order valence-electron chi connectivity index (χ1n) is 6.42. The Morgan fingerprint density at radius 3 is 2.24 bits per heavy atom. The zero-order chi connectivity index (χ0) is 12.8. The number of fused-ring (bicyclic) bond motifs is 1. The van der Waals surface area contributed by atoms with E-state index in [4.69, 9.17) is 0 Å². The monoisotopic (exact) mass is 232 g/mol. The van der Waals surface area contributed by atoms with Crippen LogP contribution in [0.4, 0.5) is 5.69 Å². The molecule has 0 saturated carbocycles. The normalized spacial score (nSPS) is 24.4. The Morgan fingerprint density at radius 1 is 1.06 bits per heavy atom. The van der Waals surface area contributed by atoms with E-state index in [1.165, 1.54) is 11.3 Å². The fourth-order valence-corrected chi connectivity index (χ4v) is 2.90. The summed E-state index contributed by atoms with van der Waals surface area (Å²) >= 11 is 0. The van der Waals surface area contributed by atoms with Crippen LogP contribution < -0.4 is 5.32 Å². The molecular formula is C15H24N2. The maximum absolute atomic E-state index is 4.30. The predicted octanol–water partition coefficient (Wildman–Crippen LogP) is 4.05. The van der Waals surface area contributed by atoms with Gasteiger partial charge in [-0.15, -0.1) is 0 Å². The van der Waals surface area contributed by atoms with Crippen molar-refractivity contribution in [1.82, 2.24) is 4.98 Å². The summed E-state index contributed by atoms with van der Waals surface area (Å²) in [6.07, 6.45) is 3.90. The lowest BCUT2D eigenvalue weighted by molar-refractivity contribution is 0.214. The van der Waals surface area contributed by atoms with Gasteiger partial charge in [-0.25, -0.2) is 0 Å². The molecule has 1 N–H and O–H groups in total. The topological polar surface area (TPSA) is 24.9 Å². The quantitative estimate of drug-likeness (QED) is 0.730. The molecule has 2 heterocycles. The molecule has 0 spiro atoms. The van der Waals surface area contributed by atoms with Gasteiger partial charge in [0.15, 0.2) is 0 Å². The molecule has 0 saturated heterocycles. The van der Waals surface area contributed by atoms with E-state index in [2.05, 4.69) is 57.9 Å². The second-order valence-corrected chi connectivity index (χ2v) is 7.29. The smallest absolute Gasteiger partial charge is 0.0410 e. The number of nitrogens with one attached hydrogen (secondary N) is 1. The van der Waals surface area contributed by atoms with E-state index < -0.39 is 0 Å². The van der Waals surface area contributed by atoms with Crippen LogP contribution in [0.1, 0.15) is 53.0 Å². The third-order valence-corrected chi connectivity index (χ3v) is 3.70. The molecule has 1 aliphatic heterocycles. The Kier molecular flexibility index (Phi) is 2.72. The van der Waals surface area contributed by atoms with Crippen LogP contribution in [-0.4, -0.2) is 11.0 Å². The van der Waals surface area contributed by atoms with Gasteiger partial charge in [0.1, 0.15) is 0 Å². The van der Waals surface area contributed by atoms with Crippen molar-refractivity contribution in [2.24, 2.45) is 10.8 Å². The number of hydrogen-bond acceptors (Lipinski definition) is 2. The SMILES string of the molecule is CC(C)(C)C1Nc2ccncc2C1C(C)(C)C. The molecule has 2 heteroatoms. The van der Waals surface area contributed by atoms with Crippen LogP contribution in [0.5, 0.6) is 0 Å². The van der Waals surface area contributed by atoms with Crippen molar-refractivity contribution in [3.8, 4) is 0 Å².